The normalized spacial score (nSPS) is 11.1. The zero-order valence-electron chi connectivity index (χ0n) is 10.8. The zero-order valence-corrected chi connectivity index (χ0v) is 10.8. The van der Waals surface area contributed by atoms with Crippen molar-refractivity contribution in [3.05, 3.63) is 24.3 Å². The molecule has 0 unspecified atom stereocenters. The van der Waals surface area contributed by atoms with Crippen molar-refractivity contribution in [3.63, 3.8) is 0 Å². The minimum atomic E-state index is -0.602. The Morgan fingerprint density at radius 2 is 2.00 bits per heavy atom. The average molecular weight is 236 g/mol. The van der Waals surface area contributed by atoms with E-state index in [0.29, 0.717) is 11.4 Å². The lowest BCUT2D eigenvalue weighted by Gasteiger charge is -2.24. The monoisotopic (exact) mass is 236 g/mol. The second-order valence-electron chi connectivity index (χ2n) is 4.31. The van der Waals surface area contributed by atoms with Crippen LogP contribution in [0.5, 0.6) is 5.75 Å². The van der Waals surface area contributed by atoms with E-state index >= 15 is 0 Å². The maximum Gasteiger partial charge on any atom is 0.244 e. The zero-order chi connectivity index (χ0) is 12.9. The van der Waals surface area contributed by atoms with E-state index < -0.39 is 5.54 Å². The van der Waals surface area contributed by atoms with Crippen molar-refractivity contribution in [1.29, 1.82) is 0 Å². The molecule has 0 radical (unpaired) electrons. The van der Waals surface area contributed by atoms with Crippen molar-refractivity contribution < 1.29 is 9.53 Å². The Morgan fingerprint density at radius 1 is 1.35 bits per heavy atom. The number of hydrogen-bond donors (Lipinski definition) is 2. The summed E-state index contributed by atoms with van der Waals surface area (Å²) in [5, 5.41) is 5.99. The molecule has 2 N–H and O–H groups in total. The van der Waals surface area contributed by atoms with Gasteiger partial charge in [0.05, 0.1) is 18.3 Å². The Kier molecular flexibility index (Phi) is 4.52. The van der Waals surface area contributed by atoms with Gasteiger partial charge in [0.1, 0.15) is 5.75 Å². The molecule has 0 heterocycles. The van der Waals surface area contributed by atoms with Crippen molar-refractivity contribution in [2.24, 2.45) is 0 Å². The molecule has 1 rings (SSSR count). The second kappa shape index (κ2) is 5.68. The third-order valence-electron chi connectivity index (χ3n) is 2.54. The van der Waals surface area contributed by atoms with Gasteiger partial charge in [-0.3, -0.25) is 4.79 Å². The minimum absolute atomic E-state index is 0.0798. The fraction of sp³-hybridized carbons (Fsp3) is 0.462. The maximum atomic E-state index is 12.1. The predicted molar refractivity (Wildman–Crippen MR) is 69.4 cm³/mol. The van der Waals surface area contributed by atoms with E-state index in [1.807, 2.05) is 45.0 Å². The highest BCUT2D eigenvalue weighted by Crippen LogP contribution is 2.23. The second-order valence-corrected chi connectivity index (χ2v) is 4.31. The van der Waals surface area contributed by atoms with Crippen LogP contribution in [0.3, 0.4) is 0 Å². The van der Waals surface area contributed by atoms with E-state index in [-0.39, 0.29) is 5.91 Å². The summed E-state index contributed by atoms with van der Waals surface area (Å²) in [6.45, 7) is 6.41. The fourth-order valence-corrected chi connectivity index (χ4v) is 1.55. The summed E-state index contributed by atoms with van der Waals surface area (Å²) in [7, 11) is 1.58. The first-order chi connectivity index (χ1) is 8.01. The molecule has 17 heavy (non-hydrogen) atoms. The molecule has 0 spiro atoms. The van der Waals surface area contributed by atoms with Crippen LogP contribution in [-0.4, -0.2) is 25.1 Å². The Balaban J connectivity index is 2.80. The maximum absolute atomic E-state index is 12.1. The minimum Gasteiger partial charge on any atom is -0.495 e. The third-order valence-corrected chi connectivity index (χ3v) is 2.54. The van der Waals surface area contributed by atoms with E-state index in [4.69, 9.17) is 4.74 Å². The molecule has 0 aliphatic rings. The lowest BCUT2D eigenvalue weighted by atomic mass is 10.0. The number of carbonyl (C=O) groups is 1. The number of methoxy groups -OCH3 is 1. The molecule has 0 fully saturated rings. The average Bonchev–Trinajstić information content (AvgIpc) is 2.29. The van der Waals surface area contributed by atoms with E-state index in [0.717, 1.165) is 6.54 Å². The molecular formula is C13H20N2O2. The van der Waals surface area contributed by atoms with Crippen LogP contribution in [0.15, 0.2) is 24.3 Å². The molecule has 0 saturated carbocycles. The summed E-state index contributed by atoms with van der Waals surface area (Å²) in [5.74, 6) is 0.581. The first kappa shape index (κ1) is 13.5. The highest BCUT2D eigenvalue weighted by Gasteiger charge is 2.26. The number of hydrogen-bond acceptors (Lipinski definition) is 3. The number of nitrogens with one attached hydrogen (secondary N) is 2. The van der Waals surface area contributed by atoms with Crippen LogP contribution in [-0.2, 0) is 4.79 Å². The van der Waals surface area contributed by atoms with Crippen LogP contribution in [0.2, 0.25) is 0 Å². The van der Waals surface area contributed by atoms with Crippen molar-refractivity contribution in [1.82, 2.24) is 5.32 Å². The molecule has 0 bridgehead atoms. The molecule has 0 aliphatic carbocycles. The number of benzene rings is 1. The van der Waals surface area contributed by atoms with Crippen molar-refractivity contribution in [2.75, 3.05) is 19.0 Å². The molecule has 1 aromatic rings. The topological polar surface area (TPSA) is 50.4 Å². The van der Waals surface area contributed by atoms with Gasteiger partial charge in [0.15, 0.2) is 0 Å². The van der Waals surface area contributed by atoms with Crippen LogP contribution in [0.25, 0.3) is 0 Å². The smallest absolute Gasteiger partial charge is 0.244 e. The van der Waals surface area contributed by atoms with Gasteiger partial charge in [0.25, 0.3) is 0 Å². The molecule has 0 atom stereocenters. The van der Waals surface area contributed by atoms with E-state index in [1.165, 1.54) is 0 Å². The number of rotatable bonds is 5. The van der Waals surface area contributed by atoms with Gasteiger partial charge in [-0.25, -0.2) is 0 Å². The summed E-state index contributed by atoms with van der Waals surface area (Å²) < 4.78 is 5.18. The van der Waals surface area contributed by atoms with Gasteiger partial charge in [0, 0.05) is 0 Å². The lowest BCUT2D eigenvalue weighted by Crippen LogP contribution is -2.49. The first-order valence-electron chi connectivity index (χ1n) is 5.70. The lowest BCUT2D eigenvalue weighted by molar-refractivity contribution is -0.121. The molecule has 1 amide bonds. The number of likely N-dealkylation sites (N-methyl/N-ethyl adjacent to an activating group) is 1. The molecule has 4 nitrogen and oxygen atoms in total. The van der Waals surface area contributed by atoms with Gasteiger partial charge in [0.2, 0.25) is 5.91 Å². The Labute approximate surface area is 102 Å². The Hall–Kier alpha value is -1.55. The third kappa shape index (κ3) is 3.46. The molecule has 94 valence electrons. The summed E-state index contributed by atoms with van der Waals surface area (Å²) in [6, 6.07) is 7.36. The number of anilines is 1. The van der Waals surface area contributed by atoms with Crippen molar-refractivity contribution in [3.8, 4) is 5.75 Å². The summed E-state index contributed by atoms with van der Waals surface area (Å²) in [4.78, 5) is 12.1. The van der Waals surface area contributed by atoms with Crippen LogP contribution < -0.4 is 15.4 Å². The first-order valence-corrected chi connectivity index (χ1v) is 5.70. The largest absolute Gasteiger partial charge is 0.495 e. The fourth-order valence-electron chi connectivity index (χ4n) is 1.55. The summed E-state index contributed by atoms with van der Waals surface area (Å²) >= 11 is 0. The van der Waals surface area contributed by atoms with Crippen LogP contribution in [0.4, 0.5) is 5.69 Å². The van der Waals surface area contributed by atoms with Crippen LogP contribution in [0, 0.1) is 0 Å². The van der Waals surface area contributed by atoms with Crippen LogP contribution >= 0.6 is 0 Å². The SMILES string of the molecule is CCNC(C)(C)C(=O)Nc1ccccc1OC. The van der Waals surface area contributed by atoms with E-state index in [9.17, 15) is 4.79 Å². The van der Waals surface area contributed by atoms with E-state index in [1.54, 1.807) is 7.11 Å². The summed E-state index contributed by atoms with van der Waals surface area (Å²) in [6.07, 6.45) is 0. The predicted octanol–water partition coefficient (Wildman–Crippen LogP) is 2.02. The van der Waals surface area contributed by atoms with Gasteiger partial charge in [-0.2, -0.15) is 0 Å². The highest BCUT2D eigenvalue weighted by molar-refractivity contribution is 5.98. The van der Waals surface area contributed by atoms with Gasteiger partial charge in [-0.05, 0) is 32.5 Å². The van der Waals surface area contributed by atoms with Gasteiger partial charge in [-0.15, -0.1) is 0 Å². The Morgan fingerprint density at radius 3 is 2.59 bits per heavy atom. The van der Waals surface area contributed by atoms with Crippen molar-refractivity contribution in [2.45, 2.75) is 26.3 Å². The van der Waals surface area contributed by atoms with Gasteiger partial charge >= 0.3 is 0 Å². The number of carbonyl (C=O) groups excluding carboxylic acids is 1. The molecular weight excluding hydrogens is 216 g/mol. The van der Waals surface area contributed by atoms with E-state index in [2.05, 4.69) is 10.6 Å². The highest BCUT2D eigenvalue weighted by atomic mass is 16.5. The molecule has 0 aliphatic heterocycles. The number of amides is 1. The number of para-hydroxylation sites is 2. The van der Waals surface area contributed by atoms with Crippen molar-refractivity contribution >= 4 is 11.6 Å². The molecule has 1 aromatic carbocycles. The molecule has 0 aromatic heterocycles. The van der Waals surface area contributed by atoms with Crippen LogP contribution in [0.1, 0.15) is 20.8 Å². The standard InChI is InChI=1S/C13H20N2O2/c1-5-14-13(2,3)12(16)15-10-8-6-7-9-11(10)17-4/h6-9,14H,5H2,1-4H3,(H,15,16). The summed E-state index contributed by atoms with van der Waals surface area (Å²) in [5.41, 5.74) is 0.0845. The van der Waals surface area contributed by atoms with Gasteiger partial charge < -0.3 is 15.4 Å². The van der Waals surface area contributed by atoms with Gasteiger partial charge in [-0.1, -0.05) is 19.1 Å². The molecule has 4 heteroatoms. The Bertz CT molecular complexity index is 389. The quantitative estimate of drug-likeness (QED) is 0.822. The molecule has 0 saturated heterocycles. The number of ether oxygens (including phenoxy) is 1.